The number of carbonyl (C=O) groups excluding carboxylic acids is 2. The van der Waals surface area contributed by atoms with Crippen molar-refractivity contribution in [3.05, 3.63) is 120 Å². The maximum atomic E-state index is 13.1. The van der Waals surface area contributed by atoms with Gasteiger partial charge >= 0.3 is 6.18 Å². The molecule has 7 nitrogen and oxygen atoms in total. The molecule has 2 aromatic carbocycles. The largest absolute Gasteiger partial charge is 0.416 e. The number of aromatic nitrogens is 3. The van der Waals surface area contributed by atoms with Gasteiger partial charge in [0.2, 0.25) is 0 Å². The molecule has 0 unspecified atom stereocenters. The minimum atomic E-state index is -4.47. The van der Waals surface area contributed by atoms with Crippen molar-refractivity contribution in [2.45, 2.75) is 25.6 Å². The summed E-state index contributed by atoms with van der Waals surface area (Å²) in [6.45, 7) is 1.97. The molecule has 1 atom stereocenters. The Hall–Kier alpha value is -5.12. The van der Waals surface area contributed by atoms with Crippen molar-refractivity contribution in [1.82, 2.24) is 20.3 Å². The monoisotopic (exact) mass is 555 g/mol. The first kappa shape index (κ1) is 27.4. The molecule has 3 aromatic heterocycles. The van der Waals surface area contributed by atoms with Gasteiger partial charge in [-0.2, -0.15) is 13.2 Å². The van der Waals surface area contributed by atoms with Crippen LogP contribution in [0.25, 0.3) is 22.2 Å². The highest BCUT2D eigenvalue weighted by atomic mass is 19.4. The molecule has 0 aliphatic carbocycles. The van der Waals surface area contributed by atoms with Gasteiger partial charge in [-0.15, -0.1) is 0 Å². The van der Waals surface area contributed by atoms with Crippen molar-refractivity contribution < 1.29 is 22.8 Å². The van der Waals surface area contributed by atoms with Crippen LogP contribution >= 0.6 is 0 Å². The van der Waals surface area contributed by atoms with Crippen LogP contribution in [0, 0.1) is 0 Å². The number of amides is 2. The van der Waals surface area contributed by atoms with Crippen LogP contribution in [0.1, 0.15) is 51.4 Å². The third kappa shape index (κ3) is 6.22. The Balaban J connectivity index is 1.33. The van der Waals surface area contributed by atoms with Crippen LogP contribution in [-0.2, 0) is 6.18 Å². The summed E-state index contributed by atoms with van der Waals surface area (Å²) in [5.41, 5.74) is 1.80. The van der Waals surface area contributed by atoms with Crippen molar-refractivity contribution in [2.75, 3.05) is 5.32 Å². The second-order valence-corrected chi connectivity index (χ2v) is 9.22. The molecule has 5 aromatic rings. The van der Waals surface area contributed by atoms with Crippen LogP contribution in [-0.4, -0.2) is 26.8 Å². The Morgan fingerprint density at radius 2 is 1.63 bits per heavy atom. The SMILES string of the molecule is CC[C@@H](NC(=O)c1ccc2nc(NC(=O)c3cccnc3-c3ccc(C(F)(F)F)cc3)ccc2c1)c1ccccn1. The highest BCUT2D eigenvalue weighted by Gasteiger charge is 2.30. The van der Waals surface area contributed by atoms with Crippen LogP contribution in [0.3, 0.4) is 0 Å². The Kier molecular flexibility index (Phi) is 7.73. The molecule has 41 heavy (non-hydrogen) atoms. The summed E-state index contributed by atoms with van der Waals surface area (Å²) in [5, 5.41) is 6.44. The number of rotatable bonds is 7. The van der Waals surface area contributed by atoms with E-state index in [0.717, 1.165) is 17.8 Å². The Morgan fingerprint density at radius 1 is 0.854 bits per heavy atom. The molecule has 3 heterocycles. The van der Waals surface area contributed by atoms with Crippen LogP contribution in [0.5, 0.6) is 0 Å². The topological polar surface area (TPSA) is 96.9 Å². The van der Waals surface area contributed by atoms with Gasteiger partial charge in [0.15, 0.2) is 0 Å². The van der Waals surface area contributed by atoms with Crippen LogP contribution in [0.4, 0.5) is 19.0 Å². The molecule has 5 rings (SSSR count). The van der Waals surface area contributed by atoms with E-state index in [2.05, 4.69) is 25.6 Å². The summed E-state index contributed by atoms with van der Waals surface area (Å²) in [7, 11) is 0. The molecule has 0 bridgehead atoms. The smallest absolute Gasteiger partial charge is 0.344 e. The van der Waals surface area contributed by atoms with Crippen LogP contribution in [0.2, 0.25) is 0 Å². The highest BCUT2D eigenvalue weighted by molar-refractivity contribution is 6.08. The summed E-state index contributed by atoms with van der Waals surface area (Å²) >= 11 is 0. The fourth-order valence-corrected chi connectivity index (χ4v) is 4.36. The molecule has 10 heteroatoms. The van der Waals surface area contributed by atoms with E-state index in [0.29, 0.717) is 28.5 Å². The molecule has 0 radical (unpaired) electrons. The summed E-state index contributed by atoms with van der Waals surface area (Å²) in [5.74, 6) is -0.492. The number of halogens is 3. The minimum Gasteiger partial charge on any atom is -0.344 e. The number of carbonyl (C=O) groups is 2. The number of nitrogens with one attached hydrogen (secondary N) is 2. The molecule has 206 valence electrons. The third-order valence-electron chi connectivity index (χ3n) is 6.49. The van der Waals surface area contributed by atoms with Gasteiger partial charge in [-0.1, -0.05) is 25.1 Å². The number of anilines is 1. The summed E-state index contributed by atoms with van der Waals surface area (Å²) in [4.78, 5) is 39.1. The second kappa shape index (κ2) is 11.5. The number of nitrogens with zero attached hydrogens (tertiary/aromatic N) is 3. The van der Waals surface area contributed by atoms with E-state index in [1.165, 1.54) is 24.4 Å². The first-order valence-electron chi connectivity index (χ1n) is 12.8. The van der Waals surface area contributed by atoms with Crippen LogP contribution < -0.4 is 10.6 Å². The van der Waals surface area contributed by atoms with Gasteiger partial charge in [-0.05, 0) is 73.2 Å². The third-order valence-corrected chi connectivity index (χ3v) is 6.49. The van der Waals surface area contributed by atoms with E-state index in [-0.39, 0.29) is 29.0 Å². The van der Waals surface area contributed by atoms with E-state index < -0.39 is 17.6 Å². The highest BCUT2D eigenvalue weighted by Crippen LogP contribution is 2.31. The Labute approximate surface area is 233 Å². The van der Waals surface area contributed by atoms with Gasteiger partial charge in [0.05, 0.1) is 34.1 Å². The van der Waals surface area contributed by atoms with Gasteiger partial charge in [0, 0.05) is 28.9 Å². The number of hydrogen-bond donors (Lipinski definition) is 2. The predicted octanol–water partition coefficient (Wildman–Crippen LogP) is 6.84. The average Bonchev–Trinajstić information content (AvgIpc) is 2.99. The normalized spacial score (nSPS) is 12.1. The van der Waals surface area contributed by atoms with E-state index in [4.69, 9.17) is 0 Å². The molecular formula is C31H24F3N5O2. The lowest BCUT2D eigenvalue weighted by molar-refractivity contribution is -0.137. The number of fused-ring (bicyclic) bond motifs is 1. The standard InChI is InChI=1S/C31H24F3N5O2/c1-2-24(26-7-3-4-16-35-26)38-29(40)21-10-14-25-20(18-21)11-15-27(37-25)39-30(41)23-6-5-17-36-28(23)19-8-12-22(13-9-19)31(32,33)34/h3-18,24H,2H2,1H3,(H,38,40)(H,37,39,41)/t24-/m1/s1. The molecule has 0 saturated carbocycles. The first-order chi connectivity index (χ1) is 19.7. The summed E-state index contributed by atoms with van der Waals surface area (Å²) in [6, 6.07) is 21.3. The Morgan fingerprint density at radius 3 is 2.34 bits per heavy atom. The van der Waals surface area contributed by atoms with Gasteiger partial charge in [0.25, 0.3) is 11.8 Å². The van der Waals surface area contributed by atoms with Gasteiger partial charge in [0.1, 0.15) is 5.82 Å². The van der Waals surface area contributed by atoms with Crippen molar-refractivity contribution in [1.29, 1.82) is 0 Å². The van der Waals surface area contributed by atoms with Crippen molar-refractivity contribution in [3.8, 4) is 11.3 Å². The lowest BCUT2D eigenvalue weighted by Crippen LogP contribution is -2.28. The minimum absolute atomic E-state index is 0.180. The molecule has 2 N–H and O–H groups in total. The van der Waals surface area contributed by atoms with Gasteiger partial charge < -0.3 is 10.6 Å². The van der Waals surface area contributed by atoms with Crippen LogP contribution in [0.15, 0.2) is 97.3 Å². The van der Waals surface area contributed by atoms with E-state index in [1.807, 2.05) is 25.1 Å². The Bertz CT molecular complexity index is 1710. The fourth-order valence-electron chi connectivity index (χ4n) is 4.36. The predicted molar refractivity (Wildman–Crippen MR) is 149 cm³/mol. The molecule has 0 fully saturated rings. The lowest BCUT2D eigenvalue weighted by atomic mass is 10.0. The zero-order chi connectivity index (χ0) is 29.0. The quantitative estimate of drug-likeness (QED) is 0.229. The second-order valence-electron chi connectivity index (χ2n) is 9.22. The molecule has 2 amide bonds. The molecule has 0 aliphatic rings. The number of alkyl halides is 3. The summed E-state index contributed by atoms with van der Waals surface area (Å²) < 4.78 is 38.9. The summed E-state index contributed by atoms with van der Waals surface area (Å²) in [6.07, 6.45) is -0.637. The zero-order valence-electron chi connectivity index (χ0n) is 21.8. The van der Waals surface area contributed by atoms with E-state index >= 15 is 0 Å². The number of pyridine rings is 3. The maximum Gasteiger partial charge on any atom is 0.416 e. The van der Waals surface area contributed by atoms with E-state index in [9.17, 15) is 22.8 Å². The zero-order valence-corrected chi connectivity index (χ0v) is 21.8. The first-order valence-corrected chi connectivity index (χ1v) is 12.8. The molecule has 0 saturated heterocycles. The number of hydrogen-bond acceptors (Lipinski definition) is 5. The van der Waals surface area contributed by atoms with Gasteiger partial charge in [-0.25, -0.2) is 4.98 Å². The molecule has 0 spiro atoms. The molecule has 0 aliphatic heterocycles. The van der Waals surface area contributed by atoms with Gasteiger partial charge in [-0.3, -0.25) is 19.6 Å². The fraction of sp³-hybridized carbons (Fsp3) is 0.129. The lowest BCUT2D eigenvalue weighted by Gasteiger charge is -2.16. The molecular weight excluding hydrogens is 531 g/mol. The van der Waals surface area contributed by atoms with Crippen molar-refractivity contribution in [3.63, 3.8) is 0 Å². The van der Waals surface area contributed by atoms with Crippen molar-refractivity contribution >= 4 is 28.5 Å². The average molecular weight is 556 g/mol. The van der Waals surface area contributed by atoms with E-state index in [1.54, 1.807) is 42.6 Å². The number of benzene rings is 2. The maximum absolute atomic E-state index is 13.1. The van der Waals surface area contributed by atoms with Crippen molar-refractivity contribution in [2.24, 2.45) is 0 Å².